The largest absolute Gasteiger partial charge is 0.495 e. The number of nitrogens with zero attached hydrogens (tertiary/aromatic N) is 2. The number of halogens is 1. The first-order valence-corrected chi connectivity index (χ1v) is 8.01. The summed E-state index contributed by atoms with van der Waals surface area (Å²) < 4.78 is 6.96. The van der Waals surface area contributed by atoms with Crippen LogP contribution in [0.25, 0.3) is 10.9 Å². The molecule has 0 atom stereocenters. The summed E-state index contributed by atoms with van der Waals surface area (Å²) in [7, 11) is 1.55. The maximum Gasteiger partial charge on any atom is 0.226 e. The number of carbonyl (C=O) groups excluding carboxylic acids is 1. The monoisotopic (exact) mass is 343 g/mol. The van der Waals surface area contributed by atoms with Crippen molar-refractivity contribution in [1.82, 2.24) is 9.78 Å². The van der Waals surface area contributed by atoms with Crippen molar-refractivity contribution in [1.29, 1.82) is 0 Å². The van der Waals surface area contributed by atoms with Gasteiger partial charge in [-0.25, -0.2) is 0 Å². The predicted molar refractivity (Wildman–Crippen MR) is 95.7 cm³/mol. The first-order valence-electron chi connectivity index (χ1n) is 7.63. The molecule has 0 saturated carbocycles. The number of hydrogen-bond donors (Lipinski definition) is 1. The van der Waals surface area contributed by atoms with Crippen molar-refractivity contribution in [3.8, 4) is 5.75 Å². The zero-order valence-electron chi connectivity index (χ0n) is 13.5. The second-order valence-electron chi connectivity index (χ2n) is 5.53. The average Bonchev–Trinajstić information content (AvgIpc) is 2.98. The fourth-order valence-electron chi connectivity index (χ4n) is 2.67. The number of fused-ring (bicyclic) bond motifs is 1. The Hall–Kier alpha value is -2.53. The van der Waals surface area contributed by atoms with Gasteiger partial charge in [0.2, 0.25) is 5.91 Å². The van der Waals surface area contributed by atoms with Gasteiger partial charge in [0.05, 0.1) is 30.4 Å². The second-order valence-corrected chi connectivity index (χ2v) is 5.94. The van der Waals surface area contributed by atoms with Crippen LogP contribution < -0.4 is 10.1 Å². The molecule has 0 fully saturated rings. The van der Waals surface area contributed by atoms with Gasteiger partial charge >= 0.3 is 0 Å². The smallest absolute Gasteiger partial charge is 0.226 e. The van der Waals surface area contributed by atoms with Crippen LogP contribution in [0, 0.1) is 6.92 Å². The van der Waals surface area contributed by atoms with E-state index in [1.165, 1.54) is 0 Å². The highest BCUT2D eigenvalue weighted by Gasteiger charge is 2.09. The average molecular weight is 344 g/mol. The third-order valence-electron chi connectivity index (χ3n) is 3.85. The summed E-state index contributed by atoms with van der Waals surface area (Å²) in [5, 5.41) is 8.75. The Bertz CT molecular complexity index is 889. The summed E-state index contributed by atoms with van der Waals surface area (Å²) >= 11 is 6.06. The van der Waals surface area contributed by atoms with Gasteiger partial charge in [0.25, 0.3) is 0 Å². The van der Waals surface area contributed by atoms with E-state index in [4.69, 9.17) is 16.3 Å². The zero-order valence-corrected chi connectivity index (χ0v) is 14.3. The normalized spacial score (nSPS) is 10.8. The molecule has 0 bridgehead atoms. The van der Waals surface area contributed by atoms with E-state index in [0.29, 0.717) is 29.4 Å². The van der Waals surface area contributed by atoms with Crippen molar-refractivity contribution < 1.29 is 9.53 Å². The molecular formula is C18H18ClN3O2. The van der Waals surface area contributed by atoms with E-state index in [0.717, 1.165) is 16.5 Å². The zero-order chi connectivity index (χ0) is 17.1. The van der Waals surface area contributed by atoms with E-state index < -0.39 is 0 Å². The SMILES string of the molecule is COc1ccc(NC(=O)CCn2ncc3cccc(C)c32)cc1Cl. The van der Waals surface area contributed by atoms with E-state index in [1.807, 2.05) is 36.0 Å². The fraction of sp³-hybridized carbons (Fsp3) is 0.222. The number of amides is 1. The van der Waals surface area contributed by atoms with Crippen LogP contribution in [-0.4, -0.2) is 22.8 Å². The van der Waals surface area contributed by atoms with Gasteiger partial charge in [-0.15, -0.1) is 0 Å². The number of benzene rings is 2. The molecule has 0 aliphatic heterocycles. The summed E-state index contributed by atoms with van der Waals surface area (Å²) in [5.74, 6) is 0.488. The number of methoxy groups -OCH3 is 1. The van der Waals surface area contributed by atoms with Gasteiger partial charge in [-0.2, -0.15) is 5.10 Å². The topological polar surface area (TPSA) is 56.1 Å². The lowest BCUT2D eigenvalue weighted by Crippen LogP contribution is -2.15. The molecule has 0 aliphatic carbocycles. The minimum Gasteiger partial charge on any atom is -0.495 e. The summed E-state index contributed by atoms with van der Waals surface area (Å²) in [6, 6.07) is 11.2. The summed E-state index contributed by atoms with van der Waals surface area (Å²) in [4.78, 5) is 12.2. The molecule has 1 aromatic heterocycles. The minimum atomic E-state index is -0.0894. The summed E-state index contributed by atoms with van der Waals surface area (Å²) in [6.07, 6.45) is 2.15. The number of carbonyl (C=O) groups is 1. The lowest BCUT2D eigenvalue weighted by Gasteiger charge is -2.09. The maximum absolute atomic E-state index is 12.2. The highest BCUT2D eigenvalue weighted by molar-refractivity contribution is 6.32. The summed E-state index contributed by atoms with van der Waals surface area (Å²) in [5.41, 5.74) is 2.86. The van der Waals surface area contributed by atoms with E-state index in [2.05, 4.69) is 10.4 Å². The van der Waals surface area contributed by atoms with Crippen LogP contribution in [0.5, 0.6) is 5.75 Å². The van der Waals surface area contributed by atoms with Crippen molar-refractivity contribution >= 4 is 34.1 Å². The van der Waals surface area contributed by atoms with Gasteiger partial charge in [-0.3, -0.25) is 9.48 Å². The van der Waals surface area contributed by atoms with Crippen molar-refractivity contribution in [3.63, 3.8) is 0 Å². The highest BCUT2D eigenvalue weighted by Crippen LogP contribution is 2.27. The highest BCUT2D eigenvalue weighted by atomic mass is 35.5. The molecule has 124 valence electrons. The maximum atomic E-state index is 12.2. The lowest BCUT2D eigenvalue weighted by molar-refractivity contribution is -0.116. The molecule has 24 heavy (non-hydrogen) atoms. The first-order chi connectivity index (χ1) is 11.6. The molecular weight excluding hydrogens is 326 g/mol. The molecule has 0 aliphatic rings. The number of ether oxygens (including phenoxy) is 1. The molecule has 0 unspecified atom stereocenters. The Balaban J connectivity index is 1.66. The Morgan fingerprint density at radius 1 is 1.33 bits per heavy atom. The number of aromatic nitrogens is 2. The first kappa shape index (κ1) is 16.3. The van der Waals surface area contributed by atoms with Gasteiger partial charge in [0.15, 0.2) is 0 Å². The Morgan fingerprint density at radius 3 is 2.92 bits per heavy atom. The van der Waals surface area contributed by atoms with E-state index in [1.54, 1.807) is 25.3 Å². The van der Waals surface area contributed by atoms with Crippen molar-refractivity contribution in [2.45, 2.75) is 19.9 Å². The van der Waals surface area contributed by atoms with E-state index in [-0.39, 0.29) is 5.91 Å². The fourth-order valence-corrected chi connectivity index (χ4v) is 2.93. The molecule has 0 saturated heterocycles. The second kappa shape index (κ2) is 6.93. The molecule has 1 amide bonds. The quantitative estimate of drug-likeness (QED) is 0.760. The number of rotatable bonds is 5. The van der Waals surface area contributed by atoms with Crippen LogP contribution >= 0.6 is 11.6 Å². The van der Waals surface area contributed by atoms with Crippen LogP contribution in [0.3, 0.4) is 0 Å². The molecule has 3 aromatic rings. The third kappa shape index (κ3) is 3.36. The molecule has 1 heterocycles. The molecule has 1 N–H and O–H groups in total. The molecule has 0 spiro atoms. The Kier molecular flexibility index (Phi) is 4.71. The Labute approximate surface area is 145 Å². The van der Waals surface area contributed by atoms with Crippen molar-refractivity contribution in [2.24, 2.45) is 0 Å². The number of aryl methyl sites for hydroxylation is 2. The van der Waals surface area contributed by atoms with Gasteiger partial charge in [-0.05, 0) is 30.7 Å². The van der Waals surface area contributed by atoms with Gasteiger partial charge in [0.1, 0.15) is 5.75 Å². The van der Waals surface area contributed by atoms with Crippen LogP contribution in [0.15, 0.2) is 42.6 Å². The van der Waals surface area contributed by atoms with Crippen LogP contribution in [0.2, 0.25) is 5.02 Å². The van der Waals surface area contributed by atoms with Gasteiger partial charge in [0, 0.05) is 17.5 Å². The van der Waals surface area contributed by atoms with E-state index in [9.17, 15) is 4.79 Å². The van der Waals surface area contributed by atoms with Crippen molar-refractivity contribution in [3.05, 3.63) is 53.2 Å². The van der Waals surface area contributed by atoms with E-state index >= 15 is 0 Å². The predicted octanol–water partition coefficient (Wildman–Crippen LogP) is 4.04. The number of para-hydroxylation sites is 1. The number of hydrogen-bond acceptors (Lipinski definition) is 3. The van der Waals surface area contributed by atoms with Crippen LogP contribution in [0.1, 0.15) is 12.0 Å². The lowest BCUT2D eigenvalue weighted by atomic mass is 10.2. The number of nitrogens with one attached hydrogen (secondary N) is 1. The Morgan fingerprint density at radius 2 is 2.17 bits per heavy atom. The molecule has 2 aromatic carbocycles. The standard InChI is InChI=1S/C18H18ClN3O2/c1-12-4-3-5-13-11-20-22(18(12)13)9-8-17(23)21-14-6-7-16(24-2)15(19)10-14/h3-7,10-11H,8-9H2,1-2H3,(H,21,23). The minimum absolute atomic E-state index is 0.0894. The summed E-state index contributed by atoms with van der Waals surface area (Å²) in [6.45, 7) is 2.56. The van der Waals surface area contributed by atoms with Crippen LogP contribution in [-0.2, 0) is 11.3 Å². The molecule has 6 heteroatoms. The molecule has 5 nitrogen and oxygen atoms in total. The van der Waals surface area contributed by atoms with Crippen LogP contribution in [0.4, 0.5) is 5.69 Å². The van der Waals surface area contributed by atoms with Gasteiger partial charge in [-0.1, -0.05) is 29.8 Å². The molecule has 3 rings (SSSR count). The molecule has 0 radical (unpaired) electrons. The number of anilines is 1. The third-order valence-corrected chi connectivity index (χ3v) is 4.14. The van der Waals surface area contributed by atoms with Crippen molar-refractivity contribution in [2.75, 3.05) is 12.4 Å². The van der Waals surface area contributed by atoms with Gasteiger partial charge < -0.3 is 10.1 Å².